The number of hydrogen-bond donors (Lipinski definition) is 0. The molecule has 0 aliphatic carbocycles. The Morgan fingerprint density at radius 1 is 1.21 bits per heavy atom. The monoisotopic (exact) mass is 420 g/mol. The number of hydrogen-bond acceptors (Lipinski definition) is 6. The average molecular weight is 421 g/mol. The molecule has 1 aromatic heterocycles. The number of rotatable bonds is 4. The fraction of sp³-hybridized carbons (Fsp3) is 0.591. The molecule has 29 heavy (non-hydrogen) atoms. The Bertz CT molecular complexity index is 813. The maximum absolute atomic E-state index is 12.9. The van der Waals surface area contributed by atoms with Gasteiger partial charge in [-0.15, -0.1) is 10.2 Å². The topological polar surface area (TPSA) is 74.5 Å². The number of aryl methyl sites for hydroxylation is 1. The van der Waals surface area contributed by atoms with Crippen LogP contribution in [0.25, 0.3) is 0 Å². The van der Waals surface area contributed by atoms with Crippen LogP contribution in [-0.4, -0.2) is 28.4 Å². The molecule has 0 amide bonds. The minimum atomic E-state index is -0.519. The van der Waals surface area contributed by atoms with Crippen molar-refractivity contribution in [1.29, 1.82) is 0 Å². The molecule has 0 N–H and O–H groups in total. The molecule has 1 aliphatic rings. The summed E-state index contributed by atoms with van der Waals surface area (Å²) >= 11 is 6.02. The predicted molar refractivity (Wildman–Crippen MR) is 110 cm³/mol. The molecular weight excluding hydrogens is 392 g/mol. The Kier molecular flexibility index (Phi) is 6.96. The van der Waals surface area contributed by atoms with Crippen molar-refractivity contribution in [3.8, 4) is 0 Å². The van der Waals surface area contributed by atoms with Gasteiger partial charge in [-0.2, -0.15) is 0 Å². The van der Waals surface area contributed by atoms with Gasteiger partial charge in [0.2, 0.25) is 11.8 Å². The van der Waals surface area contributed by atoms with Crippen molar-refractivity contribution in [2.24, 2.45) is 11.8 Å². The molecule has 0 spiro atoms. The van der Waals surface area contributed by atoms with Crippen LogP contribution in [0.1, 0.15) is 63.5 Å². The summed E-state index contributed by atoms with van der Waals surface area (Å²) in [5.74, 6) is 0.624. The van der Waals surface area contributed by atoms with E-state index in [1.807, 2.05) is 45.0 Å². The molecule has 1 aliphatic heterocycles. The molecule has 6 nitrogen and oxygen atoms in total. The molecule has 2 aromatic rings. The number of nitrogens with zero attached hydrogens (tertiary/aromatic N) is 2. The number of carbonyl (C=O) groups is 1. The van der Waals surface area contributed by atoms with E-state index in [2.05, 4.69) is 10.2 Å². The third-order valence-corrected chi connectivity index (χ3v) is 5.25. The highest BCUT2D eigenvalue weighted by Gasteiger charge is 2.35. The normalized spacial score (nSPS) is 23.3. The first-order valence-electron chi connectivity index (χ1n) is 10.1. The van der Waals surface area contributed by atoms with Gasteiger partial charge in [0.1, 0.15) is 11.7 Å². The maximum atomic E-state index is 12.9. The van der Waals surface area contributed by atoms with Crippen LogP contribution in [0.2, 0.25) is 5.02 Å². The van der Waals surface area contributed by atoms with Gasteiger partial charge in [0.25, 0.3) is 0 Å². The van der Waals surface area contributed by atoms with E-state index in [4.69, 9.17) is 25.5 Å². The quantitative estimate of drug-likeness (QED) is 0.641. The van der Waals surface area contributed by atoms with Crippen LogP contribution >= 0.6 is 11.6 Å². The van der Waals surface area contributed by atoms with Crippen molar-refractivity contribution in [3.63, 3.8) is 0 Å². The Labute approximate surface area is 176 Å². The summed E-state index contributed by atoms with van der Waals surface area (Å²) in [6.07, 6.45) is 2.74. The molecule has 1 saturated heterocycles. The van der Waals surface area contributed by atoms with Crippen LogP contribution in [0.4, 0.5) is 0 Å². The largest absolute Gasteiger partial charge is 0.460 e. The van der Waals surface area contributed by atoms with E-state index in [9.17, 15) is 4.79 Å². The van der Waals surface area contributed by atoms with Gasteiger partial charge in [-0.25, -0.2) is 0 Å². The summed E-state index contributed by atoms with van der Waals surface area (Å²) in [6, 6.07) is 7.72. The molecule has 0 bridgehead atoms. The summed E-state index contributed by atoms with van der Waals surface area (Å²) in [5.41, 5.74) is 0.594. The minimum absolute atomic E-state index is 0.0159. The zero-order valence-corrected chi connectivity index (χ0v) is 18.2. The van der Waals surface area contributed by atoms with E-state index in [-0.39, 0.29) is 23.9 Å². The second-order valence-corrected chi connectivity index (χ2v) is 9.08. The van der Waals surface area contributed by atoms with Crippen molar-refractivity contribution in [3.05, 3.63) is 46.6 Å². The zero-order valence-electron chi connectivity index (χ0n) is 17.5. The summed E-state index contributed by atoms with van der Waals surface area (Å²) in [6.45, 7) is 7.87. The molecule has 1 unspecified atom stereocenters. The second-order valence-electron chi connectivity index (χ2n) is 8.64. The third-order valence-electron chi connectivity index (χ3n) is 5.00. The Balaban J connectivity index is 1.78. The number of ether oxygens (including phenoxy) is 2. The SMILES string of the molecule is Cc1nnc([C@H]2CCCC(C(=O)OC(C)(C)C)[C@@H](Cc3ccc(Cl)cc3)CO2)o1. The Morgan fingerprint density at radius 3 is 2.55 bits per heavy atom. The lowest BCUT2D eigenvalue weighted by Crippen LogP contribution is -2.36. The molecule has 3 rings (SSSR count). The second kappa shape index (κ2) is 9.26. The van der Waals surface area contributed by atoms with Crippen LogP contribution in [0, 0.1) is 18.8 Å². The number of carbonyl (C=O) groups excluding carboxylic acids is 1. The van der Waals surface area contributed by atoms with E-state index in [1.165, 1.54) is 0 Å². The number of aromatic nitrogens is 2. The lowest BCUT2D eigenvalue weighted by Gasteiger charge is -2.32. The van der Waals surface area contributed by atoms with Crippen molar-refractivity contribution in [2.45, 2.75) is 65.1 Å². The van der Waals surface area contributed by atoms with Crippen LogP contribution in [0.3, 0.4) is 0 Å². The first-order chi connectivity index (χ1) is 13.7. The highest BCUT2D eigenvalue weighted by molar-refractivity contribution is 6.30. The molecular formula is C22H29ClN2O4. The van der Waals surface area contributed by atoms with Crippen LogP contribution in [0.15, 0.2) is 28.7 Å². The summed E-state index contributed by atoms with van der Waals surface area (Å²) in [4.78, 5) is 12.9. The summed E-state index contributed by atoms with van der Waals surface area (Å²) < 4.78 is 17.5. The fourth-order valence-corrected chi connectivity index (χ4v) is 3.77. The van der Waals surface area contributed by atoms with Crippen LogP contribution < -0.4 is 0 Å². The van der Waals surface area contributed by atoms with E-state index < -0.39 is 5.60 Å². The van der Waals surface area contributed by atoms with Gasteiger partial charge in [0, 0.05) is 11.9 Å². The van der Waals surface area contributed by atoms with Crippen LogP contribution in [-0.2, 0) is 20.7 Å². The maximum Gasteiger partial charge on any atom is 0.309 e. The van der Waals surface area contributed by atoms with Gasteiger partial charge in [0.05, 0.1) is 12.5 Å². The number of esters is 1. The van der Waals surface area contributed by atoms with Crippen molar-refractivity contribution in [1.82, 2.24) is 10.2 Å². The highest BCUT2D eigenvalue weighted by atomic mass is 35.5. The van der Waals surface area contributed by atoms with E-state index in [0.717, 1.165) is 24.8 Å². The van der Waals surface area contributed by atoms with Gasteiger partial charge in [-0.3, -0.25) is 4.79 Å². The number of benzene rings is 1. The van der Waals surface area contributed by atoms with Gasteiger partial charge >= 0.3 is 5.97 Å². The van der Waals surface area contributed by atoms with Crippen LogP contribution in [0.5, 0.6) is 0 Å². The third kappa shape index (κ3) is 6.28. The molecule has 0 radical (unpaired) electrons. The fourth-order valence-electron chi connectivity index (χ4n) is 3.65. The Hall–Kier alpha value is -1.92. The molecule has 3 atom stereocenters. The molecule has 7 heteroatoms. The lowest BCUT2D eigenvalue weighted by atomic mass is 9.82. The van der Waals surface area contributed by atoms with Crippen molar-refractivity contribution < 1.29 is 18.7 Å². The predicted octanol–water partition coefficient (Wildman–Crippen LogP) is 5.09. The molecule has 1 aromatic carbocycles. The van der Waals surface area contributed by atoms with Crippen molar-refractivity contribution >= 4 is 17.6 Å². The lowest BCUT2D eigenvalue weighted by molar-refractivity contribution is -0.165. The van der Waals surface area contributed by atoms with Gasteiger partial charge in [-0.05, 0) is 70.1 Å². The summed E-state index contributed by atoms with van der Waals surface area (Å²) in [7, 11) is 0. The standard InChI is InChI=1S/C22H29ClN2O4/c1-14-24-25-20(28-14)19-7-5-6-18(21(26)29-22(2,3)4)16(13-27-19)12-15-8-10-17(23)11-9-15/h8-11,16,18-19H,5-7,12-13H2,1-4H3/t16-,18?,19+/m0/s1. The van der Waals surface area contributed by atoms with E-state index >= 15 is 0 Å². The van der Waals surface area contributed by atoms with Crippen molar-refractivity contribution in [2.75, 3.05) is 6.61 Å². The van der Waals surface area contributed by atoms with E-state index in [0.29, 0.717) is 29.8 Å². The number of halogens is 1. The summed E-state index contributed by atoms with van der Waals surface area (Å²) in [5, 5.41) is 8.72. The smallest absolute Gasteiger partial charge is 0.309 e. The first-order valence-corrected chi connectivity index (χ1v) is 10.5. The molecule has 2 heterocycles. The molecule has 0 saturated carbocycles. The van der Waals surface area contributed by atoms with Gasteiger partial charge < -0.3 is 13.9 Å². The first kappa shape index (κ1) is 21.8. The van der Waals surface area contributed by atoms with Gasteiger partial charge in [-0.1, -0.05) is 23.7 Å². The minimum Gasteiger partial charge on any atom is -0.460 e. The molecule has 158 valence electrons. The highest BCUT2D eigenvalue weighted by Crippen LogP contribution is 2.34. The average Bonchev–Trinajstić information content (AvgIpc) is 3.04. The zero-order chi connectivity index (χ0) is 21.0. The molecule has 1 fully saturated rings. The van der Waals surface area contributed by atoms with Gasteiger partial charge in [0.15, 0.2) is 0 Å². The Morgan fingerprint density at radius 2 is 1.93 bits per heavy atom. The van der Waals surface area contributed by atoms with E-state index in [1.54, 1.807) is 6.92 Å².